The summed E-state index contributed by atoms with van der Waals surface area (Å²) in [6.45, 7) is 6.43. The molecule has 4 rings (SSSR count). The number of carbonyl (C=O) groups excluding carboxylic acids is 1. The van der Waals surface area contributed by atoms with E-state index in [4.69, 9.17) is 9.72 Å². The lowest BCUT2D eigenvalue weighted by Crippen LogP contribution is -2.51. The van der Waals surface area contributed by atoms with E-state index in [1.807, 2.05) is 19.2 Å². The molecule has 0 saturated carbocycles. The number of hydrogen-bond donors (Lipinski definition) is 3. The maximum absolute atomic E-state index is 13.1. The predicted octanol–water partition coefficient (Wildman–Crippen LogP) is 4.48. The molecule has 0 aromatic carbocycles. The molecule has 186 valence electrons. The molecule has 3 aliphatic rings. The van der Waals surface area contributed by atoms with Crippen molar-refractivity contribution >= 4 is 41.1 Å². The summed E-state index contributed by atoms with van der Waals surface area (Å²) in [5.41, 5.74) is 0.583. The lowest BCUT2D eigenvalue weighted by atomic mass is 9.83. The van der Waals surface area contributed by atoms with Gasteiger partial charge in [0.25, 0.3) is 0 Å². The Hall–Kier alpha value is -1.68. The van der Waals surface area contributed by atoms with E-state index in [1.54, 1.807) is 0 Å². The number of aliphatic hydroxyl groups is 1. The third kappa shape index (κ3) is 5.93. The van der Waals surface area contributed by atoms with Crippen molar-refractivity contribution in [2.24, 2.45) is 0 Å². The zero-order chi connectivity index (χ0) is 24.6. The molecule has 0 radical (unpaired) electrons. The smallest absolute Gasteiger partial charge is 0.304 e. The second-order valence-corrected chi connectivity index (χ2v) is 12.7. The van der Waals surface area contributed by atoms with Gasteiger partial charge in [-0.2, -0.15) is 0 Å². The van der Waals surface area contributed by atoms with Crippen LogP contribution in [-0.4, -0.2) is 54.9 Å². The molecule has 4 heterocycles. The maximum Gasteiger partial charge on any atom is 0.304 e. The molecule has 7 nitrogen and oxygen atoms in total. The summed E-state index contributed by atoms with van der Waals surface area (Å²) >= 11 is 2.97. The van der Waals surface area contributed by atoms with E-state index >= 15 is 0 Å². The number of epoxide rings is 1. The van der Waals surface area contributed by atoms with Gasteiger partial charge in [0.05, 0.1) is 30.4 Å². The maximum atomic E-state index is 13.1. The number of allylic oxidation sites excluding steroid dienone is 2. The van der Waals surface area contributed by atoms with Crippen LogP contribution in [0, 0.1) is 0 Å². The highest BCUT2D eigenvalue weighted by Gasteiger charge is 2.54. The van der Waals surface area contributed by atoms with Crippen LogP contribution in [0.5, 0.6) is 0 Å². The number of aromatic nitrogens is 1. The molecule has 1 aromatic rings. The van der Waals surface area contributed by atoms with Crippen molar-refractivity contribution < 1.29 is 24.5 Å². The van der Waals surface area contributed by atoms with Crippen LogP contribution in [0.1, 0.15) is 82.5 Å². The molecule has 1 amide bonds. The van der Waals surface area contributed by atoms with E-state index in [9.17, 15) is 19.8 Å². The predicted molar refractivity (Wildman–Crippen MR) is 135 cm³/mol. The summed E-state index contributed by atoms with van der Waals surface area (Å²) in [4.78, 5) is 29.6. The molecule has 5 atom stereocenters. The van der Waals surface area contributed by atoms with Crippen LogP contribution in [0.15, 0.2) is 23.1 Å². The Morgan fingerprint density at radius 3 is 2.82 bits per heavy atom. The third-order valence-electron chi connectivity index (χ3n) is 6.94. The first-order chi connectivity index (χ1) is 16.0. The number of ether oxygens (including phenoxy) is 1. The molecule has 2 saturated heterocycles. The average Bonchev–Trinajstić information content (AvgIpc) is 3.34. The molecule has 2 fully saturated rings. The lowest BCUT2D eigenvalue weighted by molar-refractivity contribution is -0.138. The Kier molecular flexibility index (Phi) is 7.29. The van der Waals surface area contributed by atoms with Crippen LogP contribution in [0.4, 0.5) is 0 Å². The van der Waals surface area contributed by atoms with Crippen molar-refractivity contribution in [3.63, 3.8) is 0 Å². The van der Waals surface area contributed by atoms with Crippen molar-refractivity contribution in [3.8, 4) is 0 Å². The van der Waals surface area contributed by atoms with E-state index in [0.29, 0.717) is 25.9 Å². The van der Waals surface area contributed by atoms with Crippen LogP contribution >= 0.6 is 23.1 Å². The molecule has 0 unspecified atom stereocenters. The van der Waals surface area contributed by atoms with Crippen molar-refractivity contribution in [3.05, 3.63) is 33.8 Å². The number of carbonyl (C=O) groups is 2. The van der Waals surface area contributed by atoms with Crippen LogP contribution in [0.25, 0.3) is 6.08 Å². The minimum Gasteiger partial charge on any atom is -0.481 e. The fraction of sp³-hybridized carbons (Fsp3) is 0.640. The molecular formula is C25H34N2O5S2. The number of rotatable bonds is 4. The van der Waals surface area contributed by atoms with Crippen LogP contribution < -0.4 is 5.32 Å². The molecule has 4 bridgehead atoms. The van der Waals surface area contributed by atoms with Gasteiger partial charge in [-0.3, -0.25) is 9.59 Å². The highest BCUT2D eigenvalue weighted by Crippen LogP contribution is 2.53. The topological polar surface area (TPSA) is 112 Å². The SMILES string of the molecule is CCCC1=C\c2csc(n2)[C@@H](C)NC(=O)C[C@]2(CC(=O)O)CC[C@](C)(O)[C@@H](C[C@]3(/C=C\1)CO3)S2. The van der Waals surface area contributed by atoms with Gasteiger partial charge >= 0.3 is 5.97 Å². The number of thiazole rings is 1. The van der Waals surface area contributed by atoms with Gasteiger partial charge in [-0.25, -0.2) is 4.98 Å². The number of hydrogen-bond acceptors (Lipinski definition) is 7. The summed E-state index contributed by atoms with van der Waals surface area (Å²) in [5.74, 6) is -1.12. The molecule has 1 aromatic heterocycles. The lowest BCUT2D eigenvalue weighted by Gasteiger charge is -2.47. The second kappa shape index (κ2) is 9.76. The van der Waals surface area contributed by atoms with E-state index in [-0.39, 0.29) is 30.0 Å². The van der Waals surface area contributed by atoms with E-state index in [1.165, 1.54) is 23.1 Å². The van der Waals surface area contributed by atoms with E-state index < -0.39 is 21.9 Å². The number of carboxylic acids is 1. The Balaban J connectivity index is 1.72. The minimum absolute atomic E-state index is 0.0867. The van der Waals surface area contributed by atoms with Crippen molar-refractivity contribution in [1.29, 1.82) is 0 Å². The Bertz CT molecular complexity index is 997. The number of fused-ring (bicyclic) bond motifs is 4. The summed E-state index contributed by atoms with van der Waals surface area (Å²) in [6.07, 6.45) is 9.62. The third-order valence-corrected chi connectivity index (χ3v) is 9.93. The van der Waals surface area contributed by atoms with Gasteiger partial charge in [-0.05, 0) is 51.2 Å². The molecular weight excluding hydrogens is 472 g/mol. The number of amides is 1. The van der Waals surface area contributed by atoms with Crippen LogP contribution in [-0.2, 0) is 14.3 Å². The van der Waals surface area contributed by atoms with Crippen LogP contribution in [0.3, 0.4) is 0 Å². The molecule has 34 heavy (non-hydrogen) atoms. The zero-order valence-electron chi connectivity index (χ0n) is 20.0. The number of thioether (sulfide) groups is 1. The first kappa shape index (κ1) is 25.4. The number of carboxylic acid groups (broad SMARTS) is 1. The molecule has 9 heteroatoms. The van der Waals surface area contributed by atoms with Crippen molar-refractivity contribution in [2.45, 2.75) is 93.0 Å². The van der Waals surface area contributed by atoms with Gasteiger partial charge in [0.2, 0.25) is 5.91 Å². The summed E-state index contributed by atoms with van der Waals surface area (Å²) in [6, 6.07) is -0.268. The first-order valence-electron chi connectivity index (χ1n) is 11.9. The standard InChI is InChI=1S/C25H34N2O5S2/c1-4-5-17-6-7-24(15-32-24)11-19-23(3,31)8-9-25(34-19,13-21(29)30)12-20(28)26-16(2)22-27-18(10-17)14-33-22/h6-7,10,14,16,19,31H,4-5,8-9,11-13,15H2,1-3H3,(H,26,28)(H,29,30)/b7-6-,17-10+/t16-,19-,23+,24-,25+/m1/s1. The monoisotopic (exact) mass is 506 g/mol. The zero-order valence-corrected chi connectivity index (χ0v) is 21.6. The van der Waals surface area contributed by atoms with Crippen molar-refractivity contribution in [1.82, 2.24) is 10.3 Å². The quantitative estimate of drug-likeness (QED) is 0.516. The number of nitrogens with one attached hydrogen (secondary N) is 1. The Morgan fingerprint density at radius 1 is 1.38 bits per heavy atom. The highest BCUT2D eigenvalue weighted by atomic mass is 32.2. The Labute approximate surface area is 209 Å². The van der Waals surface area contributed by atoms with Gasteiger partial charge in [-0.15, -0.1) is 23.1 Å². The number of nitrogens with zero attached hydrogens (tertiary/aromatic N) is 1. The molecule has 1 spiro atoms. The van der Waals surface area contributed by atoms with Gasteiger partial charge in [0.15, 0.2) is 0 Å². The number of aliphatic carboxylic acids is 1. The fourth-order valence-electron chi connectivity index (χ4n) is 4.83. The van der Waals surface area contributed by atoms with Gasteiger partial charge in [0.1, 0.15) is 10.6 Å². The Morgan fingerprint density at radius 2 is 2.15 bits per heavy atom. The van der Waals surface area contributed by atoms with E-state index in [0.717, 1.165) is 29.1 Å². The summed E-state index contributed by atoms with van der Waals surface area (Å²) in [5, 5.41) is 26.5. The molecule has 3 N–H and O–H groups in total. The van der Waals surface area contributed by atoms with Gasteiger partial charge in [0, 0.05) is 21.8 Å². The highest BCUT2D eigenvalue weighted by molar-refractivity contribution is 8.01. The largest absolute Gasteiger partial charge is 0.481 e. The second-order valence-electron chi connectivity index (χ2n) is 10.2. The molecule has 3 aliphatic heterocycles. The minimum atomic E-state index is -0.966. The fourth-order valence-corrected chi connectivity index (χ4v) is 7.60. The van der Waals surface area contributed by atoms with Gasteiger partial charge in [-0.1, -0.05) is 25.5 Å². The van der Waals surface area contributed by atoms with Gasteiger partial charge < -0.3 is 20.3 Å². The first-order valence-corrected chi connectivity index (χ1v) is 13.7. The molecule has 0 aliphatic carbocycles. The average molecular weight is 507 g/mol. The summed E-state index contributed by atoms with van der Waals surface area (Å²) in [7, 11) is 0. The van der Waals surface area contributed by atoms with Crippen molar-refractivity contribution in [2.75, 3.05) is 6.61 Å². The normalized spacial score (nSPS) is 38.6. The van der Waals surface area contributed by atoms with Crippen LogP contribution in [0.2, 0.25) is 0 Å². The summed E-state index contributed by atoms with van der Waals surface area (Å²) < 4.78 is 5.11. The van der Waals surface area contributed by atoms with E-state index in [2.05, 4.69) is 30.5 Å².